The maximum Gasteiger partial charge on any atom is 0.310 e. The highest BCUT2D eigenvalue weighted by Crippen LogP contribution is 2.25. The fourth-order valence-electron chi connectivity index (χ4n) is 1.35. The van der Waals surface area contributed by atoms with E-state index in [4.69, 9.17) is 4.74 Å². The molecule has 0 aliphatic carbocycles. The number of aliphatic hydroxyl groups is 1. The second kappa shape index (κ2) is 6.93. The number of hydrogen-bond acceptors (Lipinski definition) is 5. The van der Waals surface area contributed by atoms with E-state index in [2.05, 4.69) is 5.32 Å². The van der Waals surface area contributed by atoms with E-state index in [0.29, 0.717) is 6.54 Å². The van der Waals surface area contributed by atoms with Gasteiger partial charge in [0.15, 0.2) is 5.75 Å². The third-order valence-electron chi connectivity index (χ3n) is 2.25. The lowest BCUT2D eigenvalue weighted by molar-refractivity contribution is -0.385. The van der Waals surface area contributed by atoms with E-state index >= 15 is 0 Å². The number of benzene rings is 1. The lowest BCUT2D eigenvalue weighted by Gasteiger charge is -2.14. The topological polar surface area (TPSA) is 84.6 Å². The molecule has 0 amide bonds. The minimum absolute atomic E-state index is 0.0184. The molecule has 0 bridgehead atoms. The summed E-state index contributed by atoms with van der Waals surface area (Å²) >= 11 is 0. The molecule has 0 radical (unpaired) electrons. The molecule has 0 unspecified atom stereocenters. The summed E-state index contributed by atoms with van der Waals surface area (Å²) in [5.74, 6) is 0.172. The zero-order valence-corrected chi connectivity index (χ0v) is 10.5. The zero-order valence-electron chi connectivity index (χ0n) is 10.5. The second-order valence-electron chi connectivity index (χ2n) is 4.25. The normalized spacial score (nSPS) is 12.4. The van der Waals surface area contributed by atoms with Crippen LogP contribution in [-0.4, -0.2) is 35.3 Å². The van der Waals surface area contributed by atoms with Crippen molar-refractivity contribution in [1.29, 1.82) is 0 Å². The van der Waals surface area contributed by atoms with Crippen LogP contribution in [0.5, 0.6) is 5.75 Å². The van der Waals surface area contributed by atoms with Crippen molar-refractivity contribution < 1.29 is 14.8 Å². The SMILES string of the molecule is CC(C)NC[C@H](O)COc1ccccc1[N+](=O)[O-]. The molecule has 0 aliphatic rings. The van der Waals surface area contributed by atoms with Crippen molar-refractivity contribution in [3.63, 3.8) is 0 Å². The van der Waals surface area contributed by atoms with Crippen LogP contribution in [0.1, 0.15) is 13.8 Å². The van der Waals surface area contributed by atoms with Gasteiger partial charge in [0, 0.05) is 18.7 Å². The molecule has 1 aromatic rings. The van der Waals surface area contributed by atoms with Crippen molar-refractivity contribution in [1.82, 2.24) is 5.32 Å². The Balaban J connectivity index is 2.50. The van der Waals surface area contributed by atoms with E-state index in [0.717, 1.165) is 0 Å². The van der Waals surface area contributed by atoms with Crippen LogP contribution >= 0.6 is 0 Å². The van der Waals surface area contributed by atoms with E-state index in [1.165, 1.54) is 12.1 Å². The van der Waals surface area contributed by atoms with Crippen molar-refractivity contribution >= 4 is 5.69 Å². The molecule has 6 heteroatoms. The number of hydrogen-bond donors (Lipinski definition) is 2. The number of para-hydroxylation sites is 2. The van der Waals surface area contributed by atoms with Crippen LogP contribution in [0.4, 0.5) is 5.69 Å². The zero-order chi connectivity index (χ0) is 13.5. The lowest BCUT2D eigenvalue weighted by atomic mass is 10.3. The Morgan fingerprint density at radius 1 is 1.44 bits per heavy atom. The highest BCUT2D eigenvalue weighted by molar-refractivity contribution is 5.45. The number of ether oxygens (including phenoxy) is 1. The van der Waals surface area contributed by atoms with E-state index in [1.807, 2.05) is 13.8 Å². The van der Waals surface area contributed by atoms with Gasteiger partial charge < -0.3 is 15.2 Å². The Morgan fingerprint density at radius 3 is 2.72 bits per heavy atom. The van der Waals surface area contributed by atoms with Gasteiger partial charge in [0.25, 0.3) is 0 Å². The number of nitro groups is 1. The minimum atomic E-state index is -0.702. The third kappa shape index (κ3) is 4.68. The Kier molecular flexibility index (Phi) is 5.54. The molecule has 6 nitrogen and oxygen atoms in total. The summed E-state index contributed by atoms with van der Waals surface area (Å²) < 4.78 is 5.26. The fraction of sp³-hybridized carbons (Fsp3) is 0.500. The standard InChI is InChI=1S/C12H18N2O4/c1-9(2)13-7-10(15)8-18-12-6-4-3-5-11(12)14(16)17/h3-6,9-10,13,15H,7-8H2,1-2H3/t10-/m0/s1. The highest BCUT2D eigenvalue weighted by Gasteiger charge is 2.15. The van der Waals surface area contributed by atoms with Crippen LogP contribution in [0.25, 0.3) is 0 Å². The number of aliphatic hydroxyl groups excluding tert-OH is 1. The van der Waals surface area contributed by atoms with Crippen molar-refractivity contribution in [2.45, 2.75) is 26.0 Å². The molecular formula is C12H18N2O4. The molecule has 0 aromatic heterocycles. The summed E-state index contributed by atoms with van der Waals surface area (Å²) in [5, 5.41) is 23.4. The predicted octanol–water partition coefficient (Wildman–Crippen LogP) is 1.33. The van der Waals surface area contributed by atoms with Gasteiger partial charge in [-0.2, -0.15) is 0 Å². The molecule has 0 aliphatic heterocycles. The molecular weight excluding hydrogens is 236 g/mol. The van der Waals surface area contributed by atoms with Gasteiger partial charge in [-0.3, -0.25) is 10.1 Å². The Hall–Kier alpha value is -1.66. The van der Waals surface area contributed by atoms with Gasteiger partial charge in [-0.25, -0.2) is 0 Å². The minimum Gasteiger partial charge on any atom is -0.484 e. The molecule has 0 fully saturated rings. The first-order valence-electron chi connectivity index (χ1n) is 5.78. The molecule has 2 N–H and O–H groups in total. The maximum absolute atomic E-state index is 10.7. The van der Waals surface area contributed by atoms with E-state index in [1.54, 1.807) is 12.1 Å². The maximum atomic E-state index is 10.7. The summed E-state index contributed by atoms with van der Waals surface area (Å²) in [5.41, 5.74) is -0.0958. The summed E-state index contributed by atoms with van der Waals surface area (Å²) in [6, 6.07) is 6.38. The summed E-state index contributed by atoms with van der Waals surface area (Å²) in [6.45, 7) is 4.34. The van der Waals surface area contributed by atoms with Crippen LogP contribution in [0.15, 0.2) is 24.3 Å². The summed E-state index contributed by atoms with van der Waals surface area (Å²) in [4.78, 5) is 10.2. The summed E-state index contributed by atoms with van der Waals surface area (Å²) in [7, 11) is 0. The molecule has 18 heavy (non-hydrogen) atoms. The van der Waals surface area contributed by atoms with Gasteiger partial charge in [0.1, 0.15) is 12.7 Å². The molecule has 0 spiro atoms. The van der Waals surface area contributed by atoms with Crippen molar-refractivity contribution in [2.75, 3.05) is 13.2 Å². The van der Waals surface area contributed by atoms with Crippen LogP contribution in [0.3, 0.4) is 0 Å². The van der Waals surface area contributed by atoms with Crippen molar-refractivity contribution in [3.8, 4) is 5.75 Å². The molecule has 0 saturated heterocycles. The second-order valence-corrected chi connectivity index (χ2v) is 4.25. The van der Waals surface area contributed by atoms with E-state index in [9.17, 15) is 15.2 Å². The molecule has 0 saturated carbocycles. The monoisotopic (exact) mass is 254 g/mol. The van der Waals surface area contributed by atoms with Gasteiger partial charge >= 0.3 is 5.69 Å². The lowest BCUT2D eigenvalue weighted by Crippen LogP contribution is -2.35. The van der Waals surface area contributed by atoms with Crippen LogP contribution in [0.2, 0.25) is 0 Å². The molecule has 1 rings (SSSR count). The number of nitrogens with zero attached hydrogens (tertiary/aromatic N) is 1. The number of rotatable bonds is 7. The van der Waals surface area contributed by atoms with E-state index in [-0.39, 0.29) is 24.1 Å². The Morgan fingerprint density at radius 2 is 2.11 bits per heavy atom. The first-order chi connectivity index (χ1) is 8.50. The first-order valence-corrected chi connectivity index (χ1v) is 5.78. The smallest absolute Gasteiger partial charge is 0.310 e. The van der Waals surface area contributed by atoms with Gasteiger partial charge in [0.05, 0.1) is 4.92 Å². The van der Waals surface area contributed by atoms with Crippen molar-refractivity contribution in [2.24, 2.45) is 0 Å². The van der Waals surface area contributed by atoms with E-state index < -0.39 is 11.0 Å². The number of nitro benzene ring substituents is 1. The van der Waals surface area contributed by atoms with Gasteiger partial charge in [-0.1, -0.05) is 26.0 Å². The third-order valence-corrected chi connectivity index (χ3v) is 2.25. The van der Waals surface area contributed by atoms with Gasteiger partial charge in [-0.05, 0) is 6.07 Å². The van der Waals surface area contributed by atoms with Crippen LogP contribution in [0, 0.1) is 10.1 Å². The average Bonchev–Trinajstić information content (AvgIpc) is 2.34. The van der Waals surface area contributed by atoms with Gasteiger partial charge in [0.2, 0.25) is 0 Å². The average molecular weight is 254 g/mol. The molecule has 1 aromatic carbocycles. The fourth-order valence-corrected chi connectivity index (χ4v) is 1.35. The molecule has 100 valence electrons. The highest BCUT2D eigenvalue weighted by atomic mass is 16.6. The first kappa shape index (κ1) is 14.4. The predicted molar refractivity (Wildman–Crippen MR) is 67.7 cm³/mol. The quantitative estimate of drug-likeness (QED) is 0.566. The van der Waals surface area contributed by atoms with Crippen molar-refractivity contribution in [3.05, 3.63) is 34.4 Å². The Labute approximate surface area is 106 Å². The molecule has 1 atom stereocenters. The van der Waals surface area contributed by atoms with Gasteiger partial charge in [-0.15, -0.1) is 0 Å². The largest absolute Gasteiger partial charge is 0.484 e. The molecule has 0 heterocycles. The van der Waals surface area contributed by atoms with Crippen LogP contribution in [-0.2, 0) is 0 Å². The summed E-state index contributed by atoms with van der Waals surface area (Å²) in [6.07, 6.45) is -0.702. The van der Waals surface area contributed by atoms with Crippen LogP contribution < -0.4 is 10.1 Å². The Bertz CT molecular complexity index is 395. The number of nitrogens with one attached hydrogen (secondary N) is 1.